The summed E-state index contributed by atoms with van der Waals surface area (Å²) in [5.74, 6) is 0.0860. The van der Waals surface area contributed by atoms with Crippen molar-refractivity contribution >= 4 is 27.3 Å². The smallest absolute Gasteiger partial charge is 0.178 e. The second-order valence-electron chi connectivity index (χ2n) is 4.83. The Balaban J connectivity index is 2.00. The molecule has 0 saturated carbocycles. The minimum Gasteiger partial charge on any atom is -0.363 e. The third kappa shape index (κ3) is 2.87. The van der Waals surface area contributed by atoms with Gasteiger partial charge >= 0.3 is 0 Å². The Kier molecular flexibility index (Phi) is 3.59. The highest BCUT2D eigenvalue weighted by molar-refractivity contribution is 7.91. The van der Waals surface area contributed by atoms with E-state index in [0.29, 0.717) is 23.0 Å². The van der Waals surface area contributed by atoms with E-state index in [0.717, 1.165) is 6.07 Å². The predicted molar refractivity (Wildman–Crippen MR) is 78.7 cm³/mol. The van der Waals surface area contributed by atoms with E-state index >= 15 is 0 Å². The lowest BCUT2D eigenvalue weighted by atomic mass is 10.0. The van der Waals surface area contributed by atoms with Crippen molar-refractivity contribution in [3.8, 4) is 0 Å². The molecule has 2 heterocycles. The van der Waals surface area contributed by atoms with Crippen LogP contribution in [-0.4, -0.2) is 19.2 Å². The van der Waals surface area contributed by atoms with Crippen LogP contribution in [0.25, 0.3) is 0 Å². The number of nitrogens with zero attached hydrogens (tertiary/aromatic N) is 1. The first-order valence-corrected chi connectivity index (χ1v) is 8.40. The van der Waals surface area contributed by atoms with Gasteiger partial charge in [0.05, 0.1) is 16.7 Å². The highest BCUT2D eigenvalue weighted by Gasteiger charge is 2.30. The van der Waals surface area contributed by atoms with Gasteiger partial charge < -0.3 is 5.32 Å². The Bertz CT molecular complexity index is 795. The van der Waals surface area contributed by atoms with Gasteiger partial charge in [0.1, 0.15) is 16.8 Å². The van der Waals surface area contributed by atoms with Gasteiger partial charge in [-0.25, -0.2) is 17.8 Å². The number of anilines is 1. The molecule has 1 aliphatic rings. The molecular formula is C14H12ClFN2O2S. The van der Waals surface area contributed by atoms with E-state index in [9.17, 15) is 12.8 Å². The topological polar surface area (TPSA) is 59.1 Å². The van der Waals surface area contributed by atoms with Gasteiger partial charge in [0, 0.05) is 0 Å². The zero-order valence-electron chi connectivity index (χ0n) is 10.9. The van der Waals surface area contributed by atoms with Crippen LogP contribution in [0.3, 0.4) is 0 Å². The van der Waals surface area contributed by atoms with Crippen molar-refractivity contribution in [3.63, 3.8) is 0 Å². The van der Waals surface area contributed by atoms with Gasteiger partial charge in [-0.3, -0.25) is 0 Å². The van der Waals surface area contributed by atoms with Crippen LogP contribution in [0, 0.1) is 5.82 Å². The minimum atomic E-state index is -3.35. The molecule has 1 aromatic heterocycles. The Morgan fingerprint density at radius 2 is 2.10 bits per heavy atom. The molecule has 1 aliphatic heterocycles. The van der Waals surface area contributed by atoms with E-state index in [-0.39, 0.29) is 16.7 Å². The summed E-state index contributed by atoms with van der Waals surface area (Å²) in [5, 5.41) is 3.45. The molecule has 0 fully saturated rings. The molecule has 0 bridgehead atoms. The van der Waals surface area contributed by atoms with E-state index in [1.54, 1.807) is 18.2 Å². The molecule has 1 atom stereocenters. The van der Waals surface area contributed by atoms with Crippen molar-refractivity contribution in [2.75, 3.05) is 11.1 Å². The van der Waals surface area contributed by atoms with Crippen LogP contribution < -0.4 is 5.32 Å². The molecule has 7 heteroatoms. The standard InChI is InChI=1S/C14H12ClFN2O2S/c15-13-2-1-3-14(18-13)17-11-6-7-21(19,20)12-5-4-9(16)8-10(11)12/h1-5,8,11H,6-7H2,(H,17,18). The molecular weight excluding hydrogens is 315 g/mol. The molecule has 0 spiro atoms. The van der Waals surface area contributed by atoms with Crippen molar-refractivity contribution in [1.29, 1.82) is 0 Å². The van der Waals surface area contributed by atoms with E-state index in [1.807, 2.05) is 0 Å². The highest BCUT2D eigenvalue weighted by Crippen LogP contribution is 2.34. The second kappa shape index (κ2) is 5.27. The molecule has 1 N–H and O–H groups in total. The average molecular weight is 327 g/mol. The molecule has 0 amide bonds. The second-order valence-corrected chi connectivity index (χ2v) is 7.30. The van der Waals surface area contributed by atoms with Gasteiger partial charge in [-0.05, 0) is 42.3 Å². The van der Waals surface area contributed by atoms with Crippen LogP contribution in [0.2, 0.25) is 5.15 Å². The summed E-state index contributed by atoms with van der Waals surface area (Å²) in [7, 11) is -3.35. The van der Waals surface area contributed by atoms with E-state index in [4.69, 9.17) is 11.6 Å². The summed E-state index contributed by atoms with van der Waals surface area (Å²) < 4.78 is 37.6. The highest BCUT2D eigenvalue weighted by atomic mass is 35.5. The van der Waals surface area contributed by atoms with E-state index < -0.39 is 15.7 Å². The Morgan fingerprint density at radius 3 is 2.86 bits per heavy atom. The number of hydrogen-bond donors (Lipinski definition) is 1. The van der Waals surface area contributed by atoms with Gasteiger partial charge in [0.2, 0.25) is 0 Å². The number of aromatic nitrogens is 1. The summed E-state index contributed by atoms with van der Waals surface area (Å²) in [4.78, 5) is 4.29. The zero-order valence-corrected chi connectivity index (χ0v) is 12.5. The molecule has 0 saturated heterocycles. The number of fused-ring (bicyclic) bond motifs is 1. The van der Waals surface area contributed by atoms with Crippen LogP contribution in [0.1, 0.15) is 18.0 Å². The largest absolute Gasteiger partial charge is 0.363 e. The summed E-state index contributed by atoms with van der Waals surface area (Å²) in [5.41, 5.74) is 0.433. The molecule has 2 aromatic rings. The first kappa shape index (κ1) is 14.3. The van der Waals surface area contributed by atoms with Crippen molar-refractivity contribution in [2.24, 2.45) is 0 Å². The maximum Gasteiger partial charge on any atom is 0.178 e. The van der Waals surface area contributed by atoms with Gasteiger partial charge in [-0.1, -0.05) is 17.7 Å². The number of sulfone groups is 1. The van der Waals surface area contributed by atoms with Gasteiger partial charge in [-0.2, -0.15) is 0 Å². The van der Waals surface area contributed by atoms with Crippen molar-refractivity contribution in [3.05, 3.63) is 52.9 Å². The molecule has 1 aromatic carbocycles. The molecule has 1 unspecified atom stereocenters. The third-order valence-corrected chi connectivity index (χ3v) is 5.42. The van der Waals surface area contributed by atoms with Crippen molar-refractivity contribution < 1.29 is 12.8 Å². The van der Waals surface area contributed by atoms with Crippen LogP contribution in [0.4, 0.5) is 10.2 Å². The molecule has 3 rings (SSSR count). The monoisotopic (exact) mass is 326 g/mol. The maximum atomic E-state index is 13.5. The van der Waals surface area contributed by atoms with E-state index in [1.165, 1.54) is 12.1 Å². The Hall–Kier alpha value is -1.66. The third-order valence-electron chi connectivity index (χ3n) is 3.39. The number of pyridine rings is 1. The predicted octanol–water partition coefficient (Wildman–Crippen LogP) is 3.20. The fourth-order valence-corrected chi connectivity index (χ4v) is 4.20. The van der Waals surface area contributed by atoms with Gasteiger partial charge in [-0.15, -0.1) is 0 Å². The quantitative estimate of drug-likeness (QED) is 0.680. The lowest BCUT2D eigenvalue weighted by Crippen LogP contribution is -2.25. The first-order valence-electron chi connectivity index (χ1n) is 6.37. The first-order chi connectivity index (χ1) is 9.95. The van der Waals surface area contributed by atoms with Crippen LogP contribution in [0.5, 0.6) is 0 Å². The van der Waals surface area contributed by atoms with Gasteiger partial charge in [0.15, 0.2) is 9.84 Å². The molecule has 0 aliphatic carbocycles. The Morgan fingerprint density at radius 1 is 1.29 bits per heavy atom. The fraction of sp³-hybridized carbons (Fsp3) is 0.214. The summed E-state index contributed by atoms with van der Waals surface area (Å²) in [6, 6.07) is 8.54. The van der Waals surface area contributed by atoms with Crippen LogP contribution >= 0.6 is 11.6 Å². The lowest BCUT2D eigenvalue weighted by Gasteiger charge is -2.26. The zero-order chi connectivity index (χ0) is 15.0. The fourth-order valence-electron chi connectivity index (χ4n) is 2.43. The van der Waals surface area contributed by atoms with E-state index in [2.05, 4.69) is 10.3 Å². The number of nitrogens with one attached hydrogen (secondary N) is 1. The normalized spacial score (nSPS) is 19.8. The summed E-state index contributed by atoms with van der Waals surface area (Å²) >= 11 is 5.83. The maximum absolute atomic E-state index is 13.5. The minimum absolute atomic E-state index is 0.0177. The molecule has 21 heavy (non-hydrogen) atoms. The lowest BCUT2D eigenvalue weighted by molar-refractivity contribution is 0.570. The van der Waals surface area contributed by atoms with Crippen LogP contribution in [0.15, 0.2) is 41.3 Å². The van der Waals surface area contributed by atoms with Crippen molar-refractivity contribution in [2.45, 2.75) is 17.4 Å². The number of hydrogen-bond acceptors (Lipinski definition) is 4. The number of benzene rings is 1. The van der Waals surface area contributed by atoms with Gasteiger partial charge in [0.25, 0.3) is 0 Å². The average Bonchev–Trinajstić information content (AvgIpc) is 2.42. The summed E-state index contributed by atoms with van der Waals surface area (Å²) in [6.07, 6.45) is 0.354. The number of halogens is 2. The SMILES string of the molecule is O=S1(=O)CCC(Nc2cccc(Cl)n2)c2cc(F)ccc21. The summed E-state index contributed by atoms with van der Waals surface area (Å²) in [6.45, 7) is 0. The Labute approximate surface area is 126 Å². The van der Waals surface area contributed by atoms with Crippen LogP contribution in [-0.2, 0) is 9.84 Å². The molecule has 4 nitrogen and oxygen atoms in total. The van der Waals surface area contributed by atoms with Crippen molar-refractivity contribution in [1.82, 2.24) is 4.98 Å². The molecule has 110 valence electrons. The number of rotatable bonds is 2. The molecule has 0 radical (unpaired) electrons.